The number of nitriles is 1. The van der Waals surface area contributed by atoms with Crippen molar-refractivity contribution in [2.75, 3.05) is 18.4 Å². The van der Waals surface area contributed by atoms with Crippen molar-refractivity contribution in [3.05, 3.63) is 58.9 Å². The number of aromatic nitrogens is 2. The number of carbonyl (C=O) groups is 2. The molecule has 2 aliphatic carbocycles. The molecular formula is C29H31N5O2. The molecule has 184 valence electrons. The van der Waals surface area contributed by atoms with Gasteiger partial charge in [-0.2, -0.15) is 5.26 Å². The van der Waals surface area contributed by atoms with Gasteiger partial charge in [0.05, 0.1) is 23.5 Å². The lowest BCUT2D eigenvalue weighted by Crippen LogP contribution is -2.53. The average molecular weight is 482 g/mol. The van der Waals surface area contributed by atoms with E-state index in [9.17, 15) is 9.59 Å². The molecule has 3 heterocycles. The van der Waals surface area contributed by atoms with Crippen LogP contribution >= 0.6 is 0 Å². The molecule has 2 saturated carbocycles. The first-order chi connectivity index (χ1) is 17.4. The predicted molar refractivity (Wildman–Crippen MR) is 137 cm³/mol. The molecule has 3 fully saturated rings. The fourth-order valence-electron chi connectivity index (χ4n) is 6.55. The summed E-state index contributed by atoms with van der Waals surface area (Å²) in [4.78, 5) is 32.7. The van der Waals surface area contributed by atoms with Gasteiger partial charge in [0, 0.05) is 43.2 Å². The highest BCUT2D eigenvalue weighted by atomic mass is 16.2. The summed E-state index contributed by atoms with van der Waals surface area (Å²) in [5.41, 5.74) is 4.71. The van der Waals surface area contributed by atoms with E-state index in [1.807, 2.05) is 14.0 Å². The topological polar surface area (TPSA) is 91.0 Å². The minimum Gasteiger partial charge on any atom is -0.342 e. The van der Waals surface area contributed by atoms with Crippen LogP contribution in [0.3, 0.4) is 0 Å². The van der Waals surface area contributed by atoms with Gasteiger partial charge in [0.15, 0.2) is 0 Å². The van der Waals surface area contributed by atoms with Crippen LogP contribution in [0.15, 0.2) is 36.7 Å². The van der Waals surface area contributed by atoms with Crippen molar-refractivity contribution in [1.29, 1.82) is 5.26 Å². The summed E-state index contributed by atoms with van der Waals surface area (Å²) in [6, 6.07) is 8.77. The number of anilines is 1. The molecule has 1 N–H and O–H groups in total. The SMILES string of the molecule is Cc1c(NC(=O)c2cccc(C#N)c2)cnc2c1c(C1CCN(C(=O)[C@@H]3CC4CC[C@@H]43)CC1)cn2C. The van der Waals surface area contributed by atoms with Gasteiger partial charge in [-0.3, -0.25) is 9.59 Å². The zero-order valence-corrected chi connectivity index (χ0v) is 20.8. The number of likely N-dealkylation sites (tertiary alicyclic amines) is 1. The first-order valence-corrected chi connectivity index (χ1v) is 13.0. The van der Waals surface area contributed by atoms with Crippen molar-refractivity contribution in [3.8, 4) is 6.07 Å². The summed E-state index contributed by atoms with van der Waals surface area (Å²) >= 11 is 0. The van der Waals surface area contributed by atoms with Crippen molar-refractivity contribution in [2.24, 2.45) is 24.8 Å². The Morgan fingerprint density at radius 2 is 1.97 bits per heavy atom. The lowest BCUT2D eigenvalue weighted by molar-refractivity contribution is -0.152. The number of fused-ring (bicyclic) bond motifs is 2. The van der Waals surface area contributed by atoms with E-state index in [0.717, 1.165) is 54.9 Å². The molecule has 3 atom stereocenters. The van der Waals surface area contributed by atoms with Gasteiger partial charge >= 0.3 is 0 Å². The standard InChI is InChI=1S/C29H31N5O2/c1-17-25(32-28(35)21-5-3-4-18(12-21)14-30)15-31-27-26(17)24(16-33(27)2)19-8-10-34(11-9-19)29(36)23-13-20-6-7-22(20)23/h3-5,12,15-16,19-20,22-23H,6-11,13H2,1-2H3,(H,32,35)/t20?,22-,23+/m0/s1. The van der Waals surface area contributed by atoms with Gasteiger partial charge in [-0.15, -0.1) is 0 Å². The first-order valence-electron chi connectivity index (χ1n) is 13.0. The van der Waals surface area contributed by atoms with Crippen molar-refractivity contribution in [3.63, 3.8) is 0 Å². The number of hydrogen-bond acceptors (Lipinski definition) is 4. The Morgan fingerprint density at radius 1 is 1.17 bits per heavy atom. The quantitative estimate of drug-likeness (QED) is 0.582. The van der Waals surface area contributed by atoms with Crippen LogP contribution in [0.2, 0.25) is 0 Å². The number of aryl methyl sites for hydroxylation is 2. The fraction of sp³-hybridized carbons (Fsp3) is 0.448. The van der Waals surface area contributed by atoms with E-state index in [0.29, 0.717) is 34.6 Å². The highest BCUT2D eigenvalue weighted by Gasteiger charge is 2.51. The molecule has 1 aliphatic heterocycles. The molecule has 7 nitrogen and oxygen atoms in total. The van der Waals surface area contributed by atoms with Crippen LogP contribution in [0.25, 0.3) is 11.0 Å². The Hall–Kier alpha value is -3.66. The van der Waals surface area contributed by atoms with Crippen LogP contribution in [-0.2, 0) is 11.8 Å². The maximum absolute atomic E-state index is 13.0. The molecule has 2 amide bonds. The summed E-state index contributed by atoms with van der Waals surface area (Å²) in [6.45, 7) is 3.65. The lowest BCUT2D eigenvalue weighted by atomic mass is 9.53. The zero-order chi connectivity index (χ0) is 25.0. The molecule has 0 bridgehead atoms. The van der Waals surface area contributed by atoms with E-state index in [-0.39, 0.29) is 11.8 Å². The van der Waals surface area contributed by atoms with Gasteiger partial charge in [-0.1, -0.05) is 6.07 Å². The molecule has 0 radical (unpaired) electrons. The minimum atomic E-state index is -0.259. The molecule has 1 unspecified atom stereocenters. The van der Waals surface area contributed by atoms with Gasteiger partial charge in [0.1, 0.15) is 5.65 Å². The van der Waals surface area contributed by atoms with Gasteiger partial charge in [-0.05, 0) is 86.1 Å². The molecule has 1 saturated heterocycles. The minimum absolute atomic E-state index is 0.259. The Balaban J connectivity index is 1.21. The molecule has 3 aromatic rings. The molecule has 6 rings (SSSR count). The third-order valence-electron chi connectivity index (χ3n) is 8.89. The second-order valence-electron chi connectivity index (χ2n) is 10.8. The van der Waals surface area contributed by atoms with Crippen molar-refractivity contribution < 1.29 is 9.59 Å². The Bertz CT molecular complexity index is 1410. The normalized spacial score (nSPS) is 23.4. The summed E-state index contributed by atoms with van der Waals surface area (Å²) in [5.74, 6) is 2.25. The van der Waals surface area contributed by atoms with Crippen LogP contribution in [0.4, 0.5) is 5.69 Å². The third kappa shape index (κ3) is 3.67. The number of hydrogen-bond donors (Lipinski definition) is 1. The second kappa shape index (κ2) is 8.77. The maximum Gasteiger partial charge on any atom is 0.255 e. The van der Waals surface area contributed by atoms with Crippen LogP contribution < -0.4 is 5.32 Å². The number of nitrogens with one attached hydrogen (secondary N) is 1. The summed E-state index contributed by atoms with van der Waals surface area (Å²) in [7, 11) is 2.01. The number of piperidine rings is 1. The second-order valence-corrected chi connectivity index (χ2v) is 10.8. The molecule has 1 aromatic carbocycles. The third-order valence-corrected chi connectivity index (χ3v) is 8.89. The van der Waals surface area contributed by atoms with Gasteiger partial charge < -0.3 is 14.8 Å². The van der Waals surface area contributed by atoms with Crippen molar-refractivity contribution in [1.82, 2.24) is 14.5 Å². The highest BCUT2D eigenvalue weighted by molar-refractivity contribution is 6.06. The van der Waals surface area contributed by atoms with E-state index in [2.05, 4.69) is 32.0 Å². The molecule has 36 heavy (non-hydrogen) atoms. The maximum atomic E-state index is 13.0. The van der Waals surface area contributed by atoms with Gasteiger partial charge in [-0.25, -0.2) is 4.98 Å². The highest BCUT2D eigenvalue weighted by Crippen LogP contribution is 2.55. The van der Waals surface area contributed by atoms with E-state index >= 15 is 0 Å². The van der Waals surface area contributed by atoms with E-state index in [1.165, 1.54) is 18.4 Å². The Morgan fingerprint density at radius 3 is 2.64 bits per heavy atom. The molecule has 3 aliphatic rings. The lowest BCUT2D eigenvalue weighted by Gasteiger charge is -2.53. The number of pyridine rings is 1. The molecule has 2 aromatic heterocycles. The molecule has 7 heteroatoms. The van der Waals surface area contributed by atoms with Gasteiger partial charge in [0.25, 0.3) is 5.91 Å². The number of nitrogens with zero attached hydrogens (tertiary/aromatic N) is 4. The van der Waals surface area contributed by atoms with Crippen LogP contribution in [-0.4, -0.2) is 39.4 Å². The van der Waals surface area contributed by atoms with E-state index in [4.69, 9.17) is 5.26 Å². The van der Waals surface area contributed by atoms with Crippen LogP contribution in [0.1, 0.15) is 65.1 Å². The number of amides is 2. The van der Waals surface area contributed by atoms with E-state index in [1.54, 1.807) is 30.5 Å². The van der Waals surface area contributed by atoms with E-state index < -0.39 is 0 Å². The predicted octanol–water partition coefficient (Wildman–Crippen LogP) is 4.76. The monoisotopic (exact) mass is 481 g/mol. The Kier molecular flexibility index (Phi) is 5.55. The summed E-state index contributed by atoms with van der Waals surface area (Å²) in [5, 5.41) is 13.2. The summed E-state index contributed by atoms with van der Waals surface area (Å²) < 4.78 is 2.06. The number of carbonyl (C=O) groups excluding carboxylic acids is 2. The van der Waals surface area contributed by atoms with Gasteiger partial charge in [0.2, 0.25) is 5.91 Å². The number of benzene rings is 1. The molecular weight excluding hydrogens is 450 g/mol. The zero-order valence-electron chi connectivity index (χ0n) is 20.8. The first kappa shape index (κ1) is 22.8. The Labute approximate surface area is 211 Å². The van der Waals surface area contributed by atoms with Crippen molar-refractivity contribution >= 4 is 28.5 Å². The average Bonchev–Trinajstić information content (AvgIpc) is 3.23. The largest absolute Gasteiger partial charge is 0.342 e. The fourth-order valence-corrected chi connectivity index (χ4v) is 6.55. The molecule has 0 spiro atoms. The van der Waals surface area contributed by atoms with Crippen molar-refractivity contribution in [2.45, 2.75) is 44.9 Å². The van der Waals surface area contributed by atoms with Crippen LogP contribution in [0.5, 0.6) is 0 Å². The van der Waals surface area contributed by atoms with Crippen LogP contribution in [0, 0.1) is 36.0 Å². The smallest absolute Gasteiger partial charge is 0.255 e. The summed E-state index contributed by atoms with van der Waals surface area (Å²) in [6.07, 6.45) is 9.43. The number of rotatable bonds is 4.